The summed E-state index contributed by atoms with van der Waals surface area (Å²) in [5, 5.41) is 0.00388. The zero-order valence-electron chi connectivity index (χ0n) is 10.8. The van der Waals surface area contributed by atoms with Gasteiger partial charge in [0.05, 0.1) is 12.5 Å². The lowest BCUT2D eigenvalue weighted by atomic mass is 10.1. The highest BCUT2D eigenvalue weighted by Crippen LogP contribution is 2.40. The molecule has 1 heterocycles. The molecule has 18 heavy (non-hydrogen) atoms. The molecule has 3 nitrogen and oxygen atoms in total. The molecule has 0 amide bonds. The van der Waals surface area contributed by atoms with Gasteiger partial charge in [0.2, 0.25) is 5.75 Å². The van der Waals surface area contributed by atoms with E-state index in [4.69, 9.17) is 25.8 Å². The Morgan fingerprint density at radius 1 is 1.39 bits per heavy atom. The first kappa shape index (κ1) is 13.1. The highest BCUT2D eigenvalue weighted by molar-refractivity contribution is 6.22. The topological polar surface area (TPSA) is 27.7 Å². The van der Waals surface area contributed by atoms with Gasteiger partial charge in [0.15, 0.2) is 11.5 Å². The van der Waals surface area contributed by atoms with Crippen LogP contribution in [0.15, 0.2) is 17.7 Å². The van der Waals surface area contributed by atoms with Gasteiger partial charge in [-0.05, 0) is 31.5 Å². The minimum Gasteiger partial charge on any atom is -0.493 e. The summed E-state index contributed by atoms with van der Waals surface area (Å²) in [5.74, 6) is 2.09. The first-order valence-corrected chi connectivity index (χ1v) is 6.35. The van der Waals surface area contributed by atoms with Crippen molar-refractivity contribution in [2.24, 2.45) is 0 Å². The molecular weight excluding hydrogens is 252 g/mol. The van der Waals surface area contributed by atoms with Crippen LogP contribution in [0, 0.1) is 0 Å². The number of alkyl halides is 1. The molecule has 1 atom stereocenters. The van der Waals surface area contributed by atoms with E-state index < -0.39 is 0 Å². The molecule has 1 aromatic carbocycles. The van der Waals surface area contributed by atoms with E-state index in [0.717, 1.165) is 16.9 Å². The fourth-order valence-corrected chi connectivity index (χ4v) is 1.82. The second kappa shape index (κ2) is 5.53. The lowest BCUT2D eigenvalue weighted by Gasteiger charge is -2.21. The van der Waals surface area contributed by atoms with Crippen molar-refractivity contribution >= 4 is 17.7 Å². The summed E-state index contributed by atoms with van der Waals surface area (Å²) in [4.78, 5) is 0. The molecule has 0 radical (unpaired) electrons. The quantitative estimate of drug-likeness (QED) is 0.786. The fourth-order valence-electron chi connectivity index (χ4n) is 1.75. The Hall–Kier alpha value is -1.35. The zero-order chi connectivity index (χ0) is 13.1. The third-order valence-corrected chi connectivity index (χ3v) is 3.22. The molecule has 0 N–H and O–H groups in total. The van der Waals surface area contributed by atoms with E-state index in [0.29, 0.717) is 24.7 Å². The Morgan fingerprint density at radius 3 is 2.78 bits per heavy atom. The maximum Gasteiger partial charge on any atom is 0.203 e. The predicted octanol–water partition coefficient (Wildman–Crippen LogP) is 3.50. The van der Waals surface area contributed by atoms with E-state index in [1.54, 1.807) is 7.11 Å². The molecule has 1 aliphatic heterocycles. The highest BCUT2D eigenvalue weighted by atomic mass is 35.5. The molecule has 0 saturated heterocycles. The molecule has 1 aromatic rings. The summed E-state index contributed by atoms with van der Waals surface area (Å²) >= 11 is 6.04. The monoisotopic (exact) mass is 268 g/mol. The van der Waals surface area contributed by atoms with E-state index >= 15 is 0 Å². The van der Waals surface area contributed by atoms with Crippen molar-refractivity contribution in [2.75, 3.05) is 20.3 Å². The van der Waals surface area contributed by atoms with Crippen LogP contribution in [-0.2, 0) is 0 Å². The van der Waals surface area contributed by atoms with Crippen molar-refractivity contribution in [3.8, 4) is 17.2 Å². The first-order valence-electron chi connectivity index (χ1n) is 5.91. The number of benzene rings is 1. The molecular formula is C14H17ClO3. The molecule has 0 spiro atoms. The lowest BCUT2D eigenvalue weighted by molar-refractivity contribution is 0.165. The lowest BCUT2D eigenvalue weighted by Crippen LogP contribution is -2.16. The Labute approximate surface area is 112 Å². The van der Waals surface area contributed by atoms with Crippen LogP contribution in [0.25, 0.3) is 6.08 Å². The van der Waals surface area contributed by atoms with Gasteiger partial charge in [-0.2, -0.15) is 0 Å². The van der Waals surface area contributed by atoms with Crippen molar-refractivity contribution in [3.63, 3.8) is 0 Å². The zero-order valence-corrected chi connectivity index (χ0v) is 11.6. The Morgan fingerprint density at radius 2 is 2.11 bits per heavy atom. The molecule has 0 bridgehead atoms. The SMILES string of the molecule is COc1cc(/C=C(/C)C(C)Cl)cc2c1OCCO2. The maximum atomic E-state index is 6.04. The van der Waals surface area contributed by atoms with Gasteiger partial charge in [-0.25, -0.2) is 0 Å². The van der Waals surface area contributed by atoms with Gasteiger partial charge >= 0.3 is 0 Å². The smallest absolute Gasteiger partial charge is 0.203 e. The van der Waals surface area contributed by atoms with Crippen LogP contribution in [-0.4, -0.2) is 25.7 Å². The molecule has 4 heteroatoms. The van der Waals surface area contributed by atoms with Gasteiger partial charge in [-0.1, -0.05) is 11.6 Å². The van der Waals surface area contributed by atoms with Crippen LogP contribution in [0.2, 0.25) is 0 Å². The van der Waals surface area contributed by atoms with Crippen molar-refractivity contribution < 1.29 is 14.2 Å². The van der Waals surface area contributed by atoms with E-state index in [1.165, 1.54) is 0 Å². The number of rotatable bonds is 3. The third kappa shape index (κ3) is 2.72. The largest absolute Gasteiger partial charge is 0.493 e. The molecule has 2 rings (SSSR count). The Bertz CT molecular complexity index is 449. The van der Waals surface area contributed by atoms with Crippen LogP contribution in [0.4, 0.5) is 0 Å². The average molecular weight is 269 g/mol. The standard InChI is InChI=1S/C14H17ClO3/c1-9(10(2)15)6-11-7-12(16-3)14-13(8-11)17-4-5-18-14/h6-8,10H,4-5H2,1-3H3/b9-6-. The van der Waals surface area contributed by atoms with Crippen LogP contribution < -0.4 is 14.2 Å². The molecule has 98 valence electrons. The molecule has 1 unspecified atom stereocenters. The third-order valence-electron chi connectivity index (χ3n) is 2.87. The first-order chi connectivity index (χ1) is 8.61. The number of allylic oxidation sites excluding steroid dienone is 1. The van der Waals surface area contributed by atoms with Gasteiger partial charge < -0.3 is 14.2 Å². The Kier molecular flexibility index (Phi) is 4.02. The van der Waals surface area contributed by atoms with Gasteiger partial charge in [-0.3, -0.25) is 0 Å². The Balaban J connectivity index is 2.41. The van der Waals surface area contributed by atoms with E-state index in [1.807, 2.05) is 32.1 Å². The number of ether oxygens (including phenoxy) is 3. The van der Waals surface area contributed by atoms with E-state index in [-0.39, 0.29) is 5.38 Å². The number of hydrogen-bond acceptors (Lipinski definition) is 3. The van der Waals surface area contributed by atoms with Gasteiger partial charge in [0.25, 0.3) is 0 Å². The van der Waals surface area contributed by atoms with Gasteiger partial charge in [-0.15, -0.1) is 11.6 Å². The summed E-state index contributed by atoms with van der Waals surface area (Å²) in [6.45, 7) is 5.06. The maximum absolute atomic E-state index is 6.04. The average Bonchev–Trinajstić information content (AvgIpc) is 2.37. The summed E-state index contributed by atoms with van der Waals surface area (Å²) in [6.07, 6.45) is 2.03. The van der Waals surface area contributed by atoms with E-state index in [9.17, 15) is 0 Å². The summed E-state index contributed by atoms with van der Waals surface area (Å²) in [7, 11) is 1.62. The number of halogens is 1. The number of fused-ring (bicyclic) bond motifs is 1. The number of hydrogen-bond donors (Lipinski definition) is 0. The van der Waals surface area contributed by atoms with Crippen LogP contribution >= 0.6 is 11.6 Å². The fraction of sp³-hybridized carbons (Fsp3) is 0.429. The second-order valence-electron chi connectivity index (χ2n) is 4.25. The minimum absolute atomic E-state index is 0.00388. The number of methoxy groups -OCH3 is 1. The van der Waals surface area contributed by atoms with Crippen molar-refractivity contribution in [2.45, 2.75) is 19.2 Å². The van der Waals surface area contributed by atoms with Crippen molar-refractivity contribution in [1.82, 2.24) is 0 Å². The van der Waals surface area contributed by atoms with E-state index in [2.05, 4.69) is 0 Å². The van der Waals surface area contributed by atoms with Crippen LogP contribution in [0.1, 0.15) is 19.4 Å². The molecule has 1 aliphatic rings. The minimum atomic E-state index is 0.00388. The van der Waals surface area contributed by atoms with Crippen LogP contribution in [0.3, 0.4) is 0 Å². The molecule has 0 aliphatic carbocycles. The summed E-state index contributed by atoms with van der Waals surface area (Å²) in [6, 6.07) is 3.87. The van der Waals surface area contributed by atoms with Crippen LogP contribution in [0.5, 0.6) is 17.2 Å². The second-order valence-corrected chi connectivity index (χ2v) is 4.91. The molecule has 0 aromatic heterocycles. The van der Waals surface area contributed by atoms with Crippen molar-refractivity contribution in [1.29, 1.82) is 0 Å². The van der Waals surface area contributed by atoms with Crippen molar-refractivity contribution in [3.05, 3.63) is 23.3 Å². The molecule has 0 fully saturated rings. The normalized spacial score (nSPS) is 16.3. The predicted molar refractivity (Wildman–Crippen MR) is 73.0 cm³/mol. The van der Waals surface area contributed by atoms with Gasteiger partial charge in [0, 0.05) is 0 Å². The highest BCUT2D eigenvalue weighted by Gasteiger charge is 2.18. The molecule has 0 saturated carbocycles. The summed E-state index contributed by atoms with van der Waals surface area (Å²) < 4.78 is 16.5. The summed E-state index contributed by atoms with van der Waals surface area (Å²) in [5.41, 5.74) is 2.09. The van der Waals surface area contributed by atoms with Gasteiger partial charge in [0.1, 0.15) is 13.2 Å².